The van der Waals surface area contributed by atoms with E-state index in [1.54, 1.807) is 18.3 Å². The maximum absolute atomic E-state index is 12.3. The van der Waals surface area contributed by atoms with Crippen LogP contribution in [0.3, 0.4) is 0 Å². The third-order valence-electron chi connectivity index (χ3n) is 5.95. The maximum Gasteiger partial charge on any atom is 0.254 e. The number of benzene rings is 2. The van der Waals surface area contributed by atoms with Gasteiger partial charge in [-0.1, -0.05) is 18.2 Å². The topological polar surface area (TPSA) is 116 Å². The Kier molecular flexibility index (Phi) is 7.39. The molecule has 0 bridgehead atoms. The van der Waals surface area contributed by atoms with Crippen molar-refractivity contribution in [3.8, 4) is 11.5 Å². The Hall–Kier alpha value is -3.41. The molecule has 0 atom stereocenters. The number of hydrogen-bond donors (Lipinski definition) is 2. The summed E-state index contributed by atoms with van der Waals surface area (Å²) in [6.07, 6.45) is 4.41. The zero-order valence-corrected chi connectivity index (χ0v) is 20.5. The molecular formula is C24H29N5O5S. The molecule has 2 aromatic carbocycles. The zero-order valence-electron chi connectivity index (χ0n) is 19.7. The van der Waals surface area contributed by atoms with Gasteiger partial charge in [0.05, 0.1) is 31.6 Å². The fourth-order valence-corrected chi connectivity index (χ4v) is 4.99. The molecule has 1 aliphatic heterocycles. The van der Waals surface area contributed by atoms with Gasteiger partial charge in [-0.15, -0.1) is 0 Å². The highest BCUT2D eigenvalue weighted by molar-refractivity contribution is 7.89. The molecule has 35 heavy (non-hydrogen) atoms. The lowest BCUT2D eigenvalue weighted by Crippen LogP contribution is -2.48. The van der Waals surface area contributed by atoms with Crippen molar-refractivity contribution in [2.24, 2.45) is 5.10 Å². The SMILES string of the molecule is COc1cc(/C=N\NC(=O)CN2CCN(Cc3cn(S(C)(=O)=O)c4ccccc34)CC2)ccc1O. The van der Waals surface area contributed by atoms with Crippen LogP contribution in [0.2, 0.25) is 0 Å². The minimum atomic E-state index is -3.39. The molecule has 10 nitrogen and oxygen atoms in total. The van der Waals surface area contributed by atoms with Gasteiger partial charge in [0, 0.05) is 44.3 Å². The van der Waals surface area contributed by atoms with E-state index in [0.29, 0.717) is 23.4 Å². The van der Waals surface area contributed by atoms with Crippen LogP contribution in [0, 0.1) is 0 Å². The third-order valence-corrected chi connectivity index (χ3v) is 6.97. The molecule has 2 heterocycles. The van der Waals surface area contributed by atoms with Gasteiger partial charge in [0.2, 0.25) is 10.0 Å². The number of methoxy groups -OCH3 is 1. The predicted octanol–water partition coefficient (Wildman–Crippen LogP) is 1.43. The van der Waals surface area contributed by atoms with E-state index in [1.807, 2.05) is 24.3 Å². The Balaban J connectivity index is 1.28. The molecule has 0 unspecified atom stereocenters. The summed E-state index contributed by atoms with van der Waals surface area (Å²) >= 11 is 0. The number of piperazine rings is 1. The van der Waals surface area contributed by atoms with Crippen molar-refractivity contribution in [2.75, 3.05) is 46.1 Å². The summed E-state index contributed by atoms with van der Waals surface area (Å²) in [7, 11) is -1.92. The molecule has 3 aromatic rings. The molecule has 1 saturated heterocycles. The number of rotatable bonds is 8. The third kappa shape index (κ3) is 5.99. The summed E-state index contributed by atoms with van der Waals surface area (Å²) in [4.78, 5) is 16.6. The highest BCUT2D eigenvalue weighted by Crippen LogP contribution is 2.26. The number of phenolic OH excluding ortho intramolecular Hbond substituents is 1. The van der Waals surface area contributed by atoms with Crippen molar-refractivity contribution in [3.63, 3.8) is 0 Å². The average molecular weight is 500 g/mol. The first-order valence-corrected chi connectivity index (χ1v) is 13.0. The number of amides is 1. The van der Waals surface area contributed by atoms with E-state index in [-0.39, 0.29) is 18.2 Å². The van der Waals surface area contributed by atoms with Crippen LogP contribution in [0.1, 0.15) is 11.1 Å². The Morgan fingerprint density at radius 1 is 1.14 bits per heavy atom. The van der Waals surface area contributed by atoms with E-state index in [2.05, 4.69) is 20.3 Å². The van der Waals surface area contributed by atoms with Crippen LogP contribution in [0.25, 0.3) is 10.9 Å². The Labute approximate surface area is 204 Å². The smallest absolute Gasteiger partial charge is 0.254 e. The number of aromatic hydroxyl groups is 1. The first kappa shape index (κ1) is 24.7. The molecule has 1 amide bonds. The highest BCUT2D eigenvalue weighted by Gasteiger charge is 2.21. The van der Waals surface area contributed by atoms with Crippen LogP contribution in [0.15, 0.2) is 53.8 Å². The lowest BCUT2D eigenvalue weighted by atomic mass is 10.1. The lowest BCUT2D eigenvalue weighted by molar-refractivity contribution is -0.122. The molecule has 11 heteroatoms. The Morgan fingerprint density at radius 2 is 1.86 bits per heavy atom. The van der Waals surface area contributed by atoms with Gasteiger partial charge in [-0.3, -0.25) is 14.6 Å². The van der Waals surface area contributed by atoms with E-state index in [0.717, 1.165) is 37.1 Å². The van der Waals surface area contributed by atoms with Crippen molar-refractivity contribution in [3.05, 3.63) is 59.8 Å². The first-order chi connectivity index (χ1) is 16.7. The molecular weight excluding hydrogens is 470 g/mol. The normalized spacial score (nSPS) is 15.6. The summed E-state index contributed by atoms with van der Waals surface area (Å²) in [5, 5.41) is 14.6. The predicted molar refractivity (Wildman–Crippen MR) is 134 cm³/mol. The fraction of sp³-hybridized carbons (Fsp3) is 0.333. The van der Waals surface area contributed by atoms with Gasteiger partial charge >= 0.3 is 0 Å². The van der Waals surface area contributed by atoms with Crippen LogP contribution in [0.5, 0.6) is 11.5 Å². The number of nitrogens with zero attached hydrogens (tertiary/aromatic N) is 4. The van der Waals surface area contributed by atoms with Gasteiger partial charge in [-0.2, -0.15) is 5.10 Å². The molecule has 2 N–H and O–H groups in total. The van der Waals surface area contributed by atoms with Gasteiger partial charge in [-0.05, 0) is 35.4 Å². The van der Waals surface area contributed by atoms with Crippen LogP contribution < -0.4 is 10.2 Å². The number of fused-ring (bicyclic) bond motifs is 1. The van der Waals surface area contributed by atoms with Crippen LogP contribution in [-0.2, 0) is 21.4 Å². The summed E-state index contributed by atoms with van der Waals surface area (Å²) in [5.74, 6) is 0.157. The number of carbonyl (C=O) groups excluding carboxylic acids is 1. The highest BCUT2D eigenvalue weighted by atomic mass is 32.2. The molecule has 4 rings (SSSR count). The number of carbonyl (C=O) groups is 1. The van der Waals surface area contributed by atoms with E-state index in [9.17, 15) is 18.3 Å². The number of ether oxygens (including phenoxy) is 1. The molecule has 1 fully saturated rings. The van der Waals surface area contributed by atoms with Crippen molar-refractivity contribution in [2.45, 2.75) is 6.54 Å². The minimum absolute atomic E-state index is 0.0361. The van der Waals surface area contributed by atoms with Crippen LogP contribution >= 0.6 is 0 Å². The molecule has 0 radical (unpaired) electrons. The van der Waals surface area contributed by atoms with E-state index < -0.39 is 10.0 Å². The molecule has 0 saturated carbocycles. The number of aromatic nitrogens is 1. The second kappa shape index (κ2) is 10.5. The van der Waals surface area contributed by atoms with E-state index >= 15 is 0 Å². The second-order valence-corrected chi connectivity index (χ2v) is 10.4. The molecule has 0 aliphatic carbocycles. The summed E-state index contributed by atoms with van der Waals surface area (Å²) in [5.41, 5.74) is 4.87. The fourth-order valence-electron chi connectivity index (χ4n) is 4.16. The molecule has 186 valence electrons. The Bertz CT molecular complexity index is 1340. The van der Waals surface area contributed by atoms with Crippen molar-refractivity contribution >= 4 is 33.0 Å². The number of hydrogen-bond acceptors (Lipinski definition) is 8. The molecule has 0 spiro atoms. The van der Waals surface area contributed by atoms with Crippen molar-refractivity contribution < 1.29 is 23.1 Å². The Morgan fingerprint density at radius 3 is 2.57 bits per heavy atom. The summed E-state index contributed by atoms with van der Waals surface area (Å²) < 4.78 is 30.8. The summed E-state index contributed by atoms with van der Waals surface area (Å²) in [6, 6.07) is 12.3. The van der Waals surface area contributed by atoms with E-state index in [1.165, 1.54) is 29.6 Å². The minimum Gasteiger partial charge on any atom is -0.504 e. The average Bonchev–Trinajstić information content (AvgIpc) is 3.20. The number of hydrazone groups is 1. The van der Waals surface area contributed by atoms with Gasteiger partial charge in [0.1, 0.15) is 0 Å². The number of para-hydroxylation sites is 1. The zero-order chi connectivity index (χ0) is 25.0. The van der Waals surface area contributed by atoms with Crippen molar-refractivity contribution in [1.29, 1.82) is 0 Å². The molecule has 1 aliphatic rings. The quantitative estimate of drug-likeness (QED) is 0.356. The second-order valence-electron chi connectivity index (χ2n) is 8.51. The number of nitrogens with one attached hydrogen (secondary N) is 1. The summed E-state index contributed by atoms with van der Waals surface area (Å²) in [6.45, 7) is 3.85. The van der Waals surface area contributed by atoms with Gasteiger partial charge < -0.3 is 9.84 Å². The van der Waals surface area contributed by atoms with Crippen molar-refractivity contribution in [1.82, 2.24) is 19.2 Å². The first-order valence-electron chi connectivity index (χ1n) is 11.2. The van der Waals surface area contributed by atoms with Crippen LogP contribution in [0.4, 0.5) is 0 Å². The van der Waals surface area contributed by atoms with Gasteiger partial charge in [-0.25, -0.2) is 17.8 Å². The lowest BCUT2D eigenvalue weighted by Gasteiger charge is -2.34. The van der Waals surface area contributed by atoms with E-state index in [4.69, 9.17) is 4.74 Å². The monoisotopic (exact) mass is 499 g/mol. The maximum atomic E-state index is 12.3. The molecule has 1 aromatic heterocycles. The van der Waals surface area contributed by atoms with Gasteiger partial charge in [0.15, 0.2) is 11.5 Å². The van der Waals surface area contributed by atoms with Gasteiger partial charge in [0.25, 0.3) is 5.91 Å². The standard InChI is InChI=1S/C24H29N5O5S/c1-34-23-13-18(7-8-22(23)30)14-25-26-24(31)17-28-11-9-27(10-12-28)15-19-16-29(35(2,32)33)21-6-4-3-5-20(19)21/h3-8,13-14,16,30H,9-12,15,17H2,1-2H3,(H,26,31)/b25-14-. The number of phenols is 1. The largest absolute Gasteiger partial charge is 0.504 e. The van der Waals surface area contributed by atoms with Crippen LogP contribution in [-0.4, -0.2) is 85.5 Å².